The summed E-state index contributed by atoms with van der Waals surface area (Å²) in [5.74, 6) is 0.801. The van der Waals surface area contributed by atoms with Gasteiger partial charge in [0.05, 0.1) is 12.8 Å². The number of halogens is 4. The van der Waals surface area contributed by atoms with Gasteiger partial charge in [0.25, 0.3) is 5.91 Å². The second-order valence-electron chi connectivity index (χ2n) is 25.3. The van der Waals surface area contributed by atoms with Gasteiger partial charge in [-0.25, -0.2) is 5.06 Å². The van der Waals surface area contributed by atoms with Crippen LogP contribution in [0.25, 0.3) is 0 Å². The van der Waals surface area contributed by atoms with Crippen molar-refractivity contribution in [1.82, 2.24) is 5.06 Å². The summed E-state index contributed by atoms with van der Waals surface area (Å²) in [6.07, 6.45) is 25.7. The van der Waals surface area contributed by atoms with Crippen molar-refractivity contribution < 1.29 is 43.7 Å². The number of hydroxylamine groups is 2. The number of fused-ring (bicyclic) bond motifs is 5. The summed E-state index contributed by atoms with van der Waals surface area (Å²) in [6.45, 7) is 15.9. The Balaban J connectivity index is 0.000000187. The van der Waals surface area contributed by atoms with Crippen LogP contribution in [0.1, 0.15) is 247 Å². The molecule has 2 aliphatic carbocycles. The van der Waals surface area contributed by atoms with Crippen LogP contribution in [0.3, 0.4) is 0 Å². The van der Waals surface area contributed by atoms with Crippen LogP contribution >= 0.6 is 63.7 Å². The van der Waals surface area contributed by atoms with Gasteiger partial charge in [-0.2, -0.15) is 0 Å². The molecule has 0 saturated carbocycles. The van der Waals surface area contributed by atoms with Crippen LogP contribution in [0.2, 0.25) is 13.6 Å². The first-order valence-electron chi connectivity index (χ1n) is 34.3. The van der Waals surface area contributed by atoms with Gasteiger partial charge in [0.15, 0.2) is 23.1 Å². The van der Waals surface area contributed by atoms with Gasteiger partial charge < -0.3 is 30.3 Å². The van der Waals surface area contributed by atoms with Gasteiger partial charge in [0, 0.05) is 122 Å². The third kappa shape index (κ3) is 21.5. The van der Waals surface area contributed by atoms with Crippen molar-refractivity contribution in [2.45, 2.75) is 215 Å². The molecule has 0 saturated heterocycles. The summed E-state index contributed by atoms with van der Waals surface area (Å²) in [7, 11) is 1.98. The predicted octanol–water partition coefficient (Wildman–Crippen LogP) is 18.0. The fourth-order valence-corrected chi connectivity index (χ4v) is 15.7. The van der Waals surface area contributed by atoms with E-state index in [0.29, 0.717) is 37.0 Å². The quantitative estimate of drug-likeness (QED) is 0.0290. The minimum absolute atomic E-state index is 0.0525. The van der Waals surface area contributed by atoms with E-state index in [-0.39, 0.29) is 29.2 Å². The Labute approximate surface area is 594 Å². The SMILES string of the molecule is CCCCC(=O)c1cc(Br)c2c(c1)CCCC2.CCCCC(=O)c1cc(Br)c2c(c1)CCCN2B(C)O.CCCCC(=O)c1cc(Br)c2c(c1)CCCN2C(C)=O.CCCCC(=O)c1cc(N)c2c(c1)CCCC2.CON(C)C(=O)c1cc(Br)c2c(c1)CCCN2B(C)O. The van der Waals surface area contributed by atoms with Gasteiger partial charge in [-0.05, 0) is 277 Å². The zero-order valence-electron chi connectivity index (χ0n) is 57.1. The lowest BCUT2D eigenvalue weighted by atomic mass is 9.81. The van der Waals surface area contributed by atoms with Crippen LogP contribution in [0.15, 0.2) is 78.6 Å². The maximum atomic E-state index is 12.2. The largest absolute Gasteiger partial charge is 0.432 e. The molecule has 508 valence electrons. The summed E-state index contributed by atoms with van der Waals surface area (Å²) >= 11 is 14.2. The minimum Gasteiger partial charge on any atom is -0.432 e. The van der Waals surface area contributed by atoms with E-state index < -0.39 is 14.1 Å². The smallest absolute Gasteiger partial charge is 0.409 e. The second-order valence-corrected chi connectivity index (χ2v) is 28.8. The minimum atomic E-state index is -0.548. The number of benzene rings is 5. The van der Waals surface area contributed by atoms with E-state index in [1.165, 1.54) is 60.1 Å². The molecule has 3 aliphatic heterocycles. The number of hydrogen-bond donors (Lipinski definition) is 3. The Morgan fingerprint density at radius 3 is 1.21 bits per heavy atom. The van der Waals surface area contributed by atoms with Gasteiger partial charge in [-0.3, -0.25) is 33.6 Å². The molecule has 5 aliphatic rings. The van der Waals surface area contributed by atoms with E-state index in [0.717, 1.165) is 215 Å². The molecule has 0 fully saturated rings. The number of Topliss-reactive ketones (excluding diaryl/α,β-unsaturated/α-hetero) is 4. The number of carbonyl (C=O) groups is 6. The number of nitrogens with two attached hydrogens (primary N) is 1. The van der Waals surface area contributed by atoms with Gasteiger partial charge in [0.1, 0.15) is 0 Å². The normalized spacial score (nSPS) is 14.2. The topological polar surface area (TPSA) is 191 Å². The Kier molecular flexibility index (Phi) is 32.3. The van der Waals surface area contributed by atoms with Crippen LogP contribution < -0.4 is 20.3 Å². The number of unbranched alkanes of at least 4 members (excludes halogenated alkanes) is 4. The monoisotopic (exact) mass is 1540 g/mol. The van der Waals surface area contributed by atoms with Crippen molar-refractivity contribution in [3.63, 3.8) is 0 Å². The van der Waals surface area contributed by atoms with Crippen LogP contribution in [-0.2, 0) is 54.6 Å². The number of carbonyl (C=O) groups excluding carboxylic acids is 6. The number of hydrogen-bond acceptors (Lipinski definition) is 12. The molecule has 5 aromatic rings. The molecule has 0 unspecified atom stereocenters. The highest BCUT2D eigenvalue weighted by molar-refractivity contribution is 9.11. The summed E-state index contributed by atoms with van der Waals surface area (Å²) in [5, 5.41) is 20.9. The van der Waals surface area contributed by atoms with Crippen LogP contribution in [0.5, 0.6) is 0 Å². The molecular formula is C74H99B2Br4N5O9. The first-order valence-corrected chi connectivity index (χ1v) is 37.5. The van der Waals surface area contributed by atoms with Crippen molar-refractivity contribution in [2.24, 2.45) is 0 Å². The molecule has 0 atom stereocenters. The maximum Gasteiger partial charge on any atom is 0.409 e. The Bertz CT molecular complexity index is 3370. The molecule has 14 nitrogen and oxygen atoms in total. The van der Waals surface area contributed by atoms with Gasteiger partial charge >= 0.3 is 14.1 Å². The summed E-state index contributed by atoms with van der Waals surface area (Å²) in [6, 6.07) is 19.5. The lowest BCUT2D eigenvalue weighted by molar-refractivity contribution is -0.116. The van der Waals surface area contributed by atoms with Gasteiger partial charge in [0.2, 0.25) is 5.91 Å². The van der Waals surface area contributed by atoms with E-state index in [9.17, 15) is 38.8 Å². The molecule has 0 radical (unpaired) electrons. The molecule has 20 heteroatoms. The van der Waals surface area contributed by atoms with Crippen molar-refractivity contribution in [2.75, 3.05) is 54.0 Å². The summed E-state index contributed by atoms with van der Waals surface area (Å²) in [5.41, 5.74) is 22.4. The lowest BCUT2D eigenvalue weighted by Gasteiger charge is -2.33. The van der Waals surface area contributed by atoms with Gasteiger partial charge in [-0.1, -0.05) is 69.3 Å². The molecule has 5 aromatic carbocycles. The first kappa shape index (κ1) is 78.1. The Morgan fingerprint density at radius 2 is 0.798 bits per heavy atom. The summed E-state index contributed by atoms with van der Waals surface area (Å²) in [4.78, 5) is 82.8. The van der Waals surface area contributed by atoms with E-state index >= 15 is 0 Å². The Morgan fingerprint density at radius 1 is 0.468 bits per heavy atom. The molecule has 94 heavy (non-hydrogen) atoms. The number of amides is 2. The molecule has 10 rings (SSSR count). The standard InChI is InChI=1S/C16H20BrNO2.C15H21BBrNO2.C15H19BrO.C15H21NO.C13H18BBrN2O3/c1-3-4-7-15(20)13-9-12-6-5-8-18(11(2)19)16(12)14(17)10-13;1-3-4-7-14(19)12-9-11-6-5-8-18(16(2)20)15(11)13(17)10-12;2*1-2-3-8-15(17)12-9-11-6-4-5-7-13(11)14(16)10-12;1-14(19)17-6-4-5-9-7-10(8-11(15)12(9)17)13(18)16(2)20-3/h9-10H,3-8H2,1-2H3;9-10,20H,3-8H2,1-2H3;9-10H,2-8H2,1H3;9-10H,2-8,16H2,1H3;7-8,19H,4-6H2,1-3H3. The van der Waals surface area contributed by atoms with Crippen LogP contribution in [0, 0.1) is 0 Å². The highest BCUT2D eigenvalue weighted by atomic mass is 79.9. The zero-order chi connectivity index (χ0) is 68.8. The molecular weight excluding hydrogens is 1440 g/mol. The number of anilines is 4. The molecule has 2 amide bonds. The lowest BCUT2D eigenvalue weighted by Crippen LogP contribution is -2.41. The number of nitrogen functional groups attached to an aromatic ring is 1. The molecule has 0 spiro atoms. The summed E-state index contributed by atoms with van der Waals surface area (Å²) < 4.78 is 3.72. The fraction of sp³-hybridized carbons (Fsp3) is 0.514. The van der Waals surface area contributed by atoms with E-state index in [4.69, 9.17) is 10.6 Å². The average molecular weight is 1540 g/mol. The maximum absolute atomic E-state index is 12.2. The molecule has 0 bridgehead atoms. The number of rotatable bonds is 20. The van der Waals surface area contributed by atoms with Crippen LogP contribution in [-0.4, -0.2) is 98.0 Å². The number of nitrogens with zero attached hydrogens (tertiary/aromatic N) is 4. The number of aryl methyl sites for hydroxylation is 5. The third-order valence-electron chi connectivity index (χ3n) is 18.1. The molecule has 0 aromatic heterocycles. The second kappa shape index (κ2) is 38.9. The molecule has 3 heterocycles. The van der Waals surface area contributed by atoms with Crippen molar-refractivity contribution in [3.8, 4) is 0 Å². The van der Waals surface area contributed by atoms with E-state index in [2.05, 4.69) is 104 Å². The Hall–Kier alpha value is -4.95. The van der Waals surface area contributed by atoms with Crippen molar-refractivity contribution in [1.29, 1.82) is 0 Å². The fourth-order valence-electron chi connectivity index (χ4n) is 12.9. The first-order chi connectivity index (χ1) is 45.0. The van der Waals surface area contributed by atoms with Crippen molar-refractivity contribution >= 4 is 136 Å². The average Bonchev–Trinajstić information content (AvgIpc) is 0.846. The predicted molar refractivity (Wildman–Crippen MR) is 401 cm³/mol. The molecule has 4 N–H and O–H groups in total. The van der Waals surface area contributed by atoms with Crippen LogP contribution in [0.4, 0.5) is 22.7 Å². The highest BCUT2D eigenvalue weighted by Crippen LogP contribution is 2.40. The van der Waals surface area contributed by atoms with Crippen molar-refractivity contribution in [3.05, 3.63) is 145 Å². The number of ketones is 4. The third-order valence-corrected chi connectivity index (χ3v) is 20.6. The van der Waals surface area contributed by atoms with Gasteiger partial charge in [-0.15, -0.1) is 0 Å². The zero-order valence-corrected chi connectivity index (χ0v) is 63.4. The van der Waals surface area contributed by atoms with E-state index in [1.54, 1.807) is 38.6 Å². The highest BCUT2D eigenvalue weighted by Gasteiger charge is 2.30. The van der Waals surface area contributed by atoms with E-state index in [1.807, 2.05) is 52.1 Å².